The summed E-state index contributed by atoms with van der Waals surface area (Å²) in [6.45, 7) is 6.80. The van der Waals surface area contributed by atoms with Crippen molar-refractivity contribution in [3.05, 3.63) is 29.3 Å². The van der Waals surface area contributed by atoms with Crippen LogP contribution in [0.2, 0.25) is 0 Å². The third-order valence-corrected chi connectivity index (χ3v) is 2.80. The molecule has 0 spiro atoms. The second kappa shape index (κ2) is 9.34. The smallest absolute Gasteiger partial charge is 0.257 e. The summed E-state index contributed by atoms with van der Waals surface area (Å²) < 4.78 is 10.4. The Balaban J connectivity index is 2.16. The van der Waals surface area contributed by atoms with Crippen molar-refractivity contribution in [2.24, 2.45) is 0 Å². The van der Waals surface area contributed by atoms with Crippen LogP contribution in [0.5, 0.6) is 5.75 Å². The lowest BCUT2D eigenvalue weighted by atomic mass is 10.1. The first-order valence-corrected chi connectivity index (χ1v) is 6.80. The summed E-state index contributed by atoms with van der Waals surface area (Å²) in [6, 6.07) is 5.90. The number of hydrogen-bond acceptors (Lipinski definition) is 4. The first-order valence-electron chi connectivity index (χ1n) is 6.80. The van der Waals surface area contributed by atoms with Crippen molar-refractivity contribution in [3.8, 4) is 5.75 Å². The third-order valence-electron chi connectivity index (χ3n) is 2.80. The number of ether oxygens (including phenoxy) is 2. The molecular formula is C15H24N2O3. The van der Waals surface area contributed by atoms with E-state index in [9.17, 15) is 4.79 Å². The van der Waals surface area contributed by atoms with Crippen LogP contribution in [-0.4, -0.2) is 45.9 Å². The van der Waals surface area contributed by atoms with E-state index in [1.165, 1.54) is 5.56 Å². The van der Waals surface area contributed by atoms with E-state index in [2.05, 4.69) is 10.6 Å². The average Bonchev–Trinajstić information content (AvgIpc) is 2.41. The standard InChI is InChI=1S/C15H24N2O3/c1-12-4-5-14(13(2)10-12)20-11-15(18)17-7-6-16-8-9-19-3/h4-5,10,16H,6-9,11H2,1-3H3,(H,17,18). The van der Waals surface area contributed by atoms with Crippen LogP contribution in [0.4, 0.5) is 0 Å². The fraction of sp³-hybridized carbons (Fsp3) is 0.533. The van der Waals surface area contributed by atoms with Gasteiger partial charge in [0.25, 0.3) is 5.91 Å². The maximum atomic E-state index is 11.6. The molecule has 0 aliphatic rings. The van der Waals surface area contributed by atoms with E-state index in [1.807, 2.05) is 32.0 Å². The minimum absolute atomic E-state index is 0.0436. The molecule has 20 heavy (non-hydrogen) atoms. The molecule has 1 aromatic rings. The Labute approximate surface area is 120 Å². The van der Waals surface area contributed by atoms with Gasteiger partial charge in [0.1, 0.15) is 5.75 Å². The van der Waals surface area contributed by atoms with E-state index in [1.54, 1.807) is 7.11 Å². The average molecular weight is 280 g/mol. The lowest BCUT2D eigenvalue weighted by Gasteiger charge is -2.10. The van der Waals surface area contributed by atoms with E-state index < -0.39 is 0 Å². The molecule has 1 amide bonds. The van der Waals surface area contributed by atoms with Crippen LogP contribution >= 0.6 is 0 Å². The zero-order chi connectivity index (χ0) is 14.8. The molecule has 0 saturated heterocycles. The topological polar surface area (TPSA) is 59.6 Å². The van der Waals surface area contributed by atoms with Gasteiger partial charge in [-0.3, -0.25) is 4.79 Å². The second-order valence-electron chi connectivity index (χ2n) is 4.65. The van der Waals surface area contributed by atoms with Gasteiger partial charge in [-0.2, -0.15) is 0 Å². The molecule has 0 radical (unpaired) electrons. The number of amides is 1. The molecule has 0 aliphatic carbocycles. The molecule has 0 aromatic heterocycles. The van der Waals surface area contributed by atoms with Crippen molar-refractivity contribution < 1.29 is 14.3 Å². The molecule has 2 N–H and O–H groups in total. The molecule has 0 saturated carbocycles. The summed E-state index contributed by atoms with van der Waals surface area (Å²) in [5, 5.41) is 5.94. The predicted molar refractivity (Wildman–Crippen MR) is 79.2 cm³/mol. The highest BCUT2D eigenvalue weighted by molar-refractivity contribution is 5.77. The molecule has 0 aliphatic heterocycles. The van der Waals surface area contributed by atoms with Crippen LogP contribution in [0.3, 0.4) is 0 Å². The second-order valence-corrected chi connectivity index (χ2v) is 4.65. The van der Waals surface area contributed by atoms with Crippen molar-refractivity contribution in [3.63, 3.8) is 0 Å². The zero-order valence-corrected chi connectivity index (χ0v) is 12.5. The van der Waals surface area contributed by atoms with Gasteiger partial charge in [0.15, 0.2) is 6.61 Å². The predicted octanol–water partition coefficient (Wildman–Crippen LogP) is 1.03. The molecular weight excluding hydrogens is 256 g/mol. The molecule has 0 heterocycles. The number of nitrogens with one attached hydrogen (secondary N) is 2. The van der Waals surface area contributed by atoms with Crippen molar-refractivity contribution >= 4 is 5.91 Å². The number of carbonyl (C=O) groups is 1. The van der Waals surface area contributed by atoms with Crippen LogP contribution in [0, 0.1) is 13.8 Å². The normalized spacial score (nSPS) is 10.3. The van der Waals surface area contributed by atoms with E-state index in [0.717, 1.165) is 24.4 Å². The fourth-order valence-corrected chi connectivity index (χ4v) is 1.75. The van der Waals surface area contributed by atoms with Gasteiger partial charge >= 0.3 is 0 Å². The maximum absolute atomic E-state index is 11.6. The van der Waals surface area contributed by atoms with Gasteiger partial charge in [0.2, 0.25) is 0 Å². The molecule has 0 unspecified atom stereocenters. The Kier molecular flexibility index (Phi) is 7.69. The monoisotopic (exact) mass is 280 g/mol. The lowest BCUT2D eigenvalue weighted by Crippen LogP contribution is -2.35. The number of rotatable bonds is 9. The Morgan fingerprint density at radius 2 is 2.00 bits per heavy atom. The molecule has 1 rings (SSSR count). The van der Waals surface area contributed by atoms with Crippen molar-refractivity contribution in [1.82, 2.24) is 10.6 Å². The van der Waals surface area contributed by atoms with E-state index >= 15 is 0 Å². The molecule has 112 valence electrons. The van der Waals surface area contributed by atoms with Crippen LogP contribution in [0.25, 0.3) is 0 Å². The van der Waals surface area contributed by atoms with Gasteiger partial charge in [0, 0.05) is 26.7 Å². The van der Waals surface area contributed by atoms with Crippen LogP contribution in [0.1, 0.15) is 11.1 Å². The Bertz CT molecular complexity index is 422. The quantitative estimate of drug-likeness (QED) is 0.663. The molecule has 5 heteroatoms. The Morgan fingerprint density at radius 3 is 2.70 bits per heavy atom. The number of methoxy groups -OCH3 is 1. The summed E-state index contributed by atoms with van der Waals surface area (Å²) in [6.07, 6.45) is 0. The summed E-state index contributed by atoms with van der Waals surface area (Å²) >= 11 is 0. The van der Waals surface area contributed by atoms with Gasteiger partial charge in [-0.05, 0) is 25.5 Å². The van der Waals surface area contributed by atoms with Gasteiger partial charge in [-0.1, -0.05) is 17.7 Å². The van der Waals surface area contributed by atoms with Crippen molar-refractivity contribution in [2.75, 3.05) is 40.0 Å². The fourth-order valence-electron chi connectivity index (χ4n) is 1.75. The molecule has 5 nitrogen and oxygen atoms in total. The molecule has 0 atom stereocenters. The van der Waals surface area contributed by atoms with E-state index in [0.29, 0.717) is 13.2 Å². The summed E-state index contributed by atoms with van der Waals surface area (Å²) in [4.78, 5) is 11.6. The number of carbonyl (C=O) groups excluding carboxylic acids is 1. The summed E-state index contributed by atoms with van der Waals surface area (Å²) in [5.74, 6) is 0.641. The zero-order valence-electron chi connectivity index (χ0n) is 12.5. The van der Waals surface area contributed by atoms with Crippen LogP contribution in [-0.2, 0) is 9.53 Å². The summed E-state index contributed by atoms with van der Waals surface area (Å²) in [7, 11) is 1.66. The maximum Gasteiger partial charge on any atom is 0.257 e. The van der Waals surface area contributed by atoms with Crippen molar-refractivity contribution in [1.29, 1.82) is 0 Å². The number of hydrogen-bond donors (Lipinski definition) is 2. The Morgan fingerprint density at radius 1 is 1.20 bits per heavy atom. The Hall–Kier alpha value is -1.59. The van der Waals surface area contributed by atoms with Gasteiger partial charge < -0.3 is 20.1 Å². The van der Waals surface area contributed by atoms with Gasteiger partial charge in [-0.25, -0.2) is 0 Å². The van der Waals surface area contributed by atoms with Crippen LogP contribution < -0.4 is 15.4 Å². The van der Waals surface area contributed by atoms with Crippen molar-refractivity contribution in [2.45, 2.75) is 13.8 Å². The minimum Gasteiger partial charge on any atom is -0.484 e. The van der Waals surface area contributed by atoms with Gasteiger partial charge in [0.05, 0.1) is 6.61 Å². The largest absolute Gasteiger partial charge is 0.484 e. The summed E-state index contributed by atoms with van der Waals surface area (Å²) in [5.41, 5.74) is 2.22. The first-order chi connectivity index (χ1) is 9.63. The third kappa shape index (κ3) is 6.54. The SMILES string of the molecule is COCCNCCNC(=O)COc1ccc(C)cc1C. The molecule has 0 bridgehead atoms. The van der Waals surface area contributed by atoms with Gasteiger partial charge in [-0.15, -0.1) is 0 Å². The molecule has 1 aromatic carbocycles. The number of benzene rings is 1. The highest BCUT2D eigenvalue weighted by Crippen LogP contribution is 2.18. The van der Waals surface area contributed by atoms with Crippen LogP contribution in [0.15, 0.2) is 18.2 Å². The number of aryl methyl sites for hydroxylation is 2. The van der Waals surface area contributed by atoms with E-state index in [4.69, 9.17) is 9.47 Å². The first kappa shape index (κ1) is 16.5. The molecule has 0 fully saturated rings. The minimum atomic E-state index is -0.112. The lowest BCUT2D eigenvalue weighted by molar-refractivity contribution is -0.123. The highest BCUT2D eigenvalue weighted by Gasteiger charge is 2.04. The van der Waals surface area contributed by atoms with E-state index in [-0.39, 0.29) is 12.5 Å². The highest BCUT2D eigenvalue weighted by atomic mass is 16.5.